The fourth-order valence-corrected chi connectivity index (χ4v) is 8.36. The Labute approximate surface area is 406 Å². The van der Waals surface area contributed by atoms with Crippen molar-refractivity contribution in [2.24, 2.45) is 0 Å². The lowest BCUT2D eigenvalue weighted by atomic mass is 9.90. The first-order valence-electron chi connectivity index (χ1n) is 23.0. The van der Waals surface area contributed by atoms with Gasteiger partial charge in [0.05, 0.1) is 78.0 Å². The number of rotatable bonds is 9. The fourth-order valence-electron chi connectivity index (χ4n) is 8.36. The maximum absolute atomic E-state index is 13.2. The number of piperidine rings is 1. The number of nitrogens with zero attached hydrogens (tertiary/aromatic N) is 17. The van der Waals surface area contributed by atoms with E-state index in [4.69, 9.17) is 34.4 Å². The van der Waals surface area contributed by atoms with Crippen molar-refractivity contribution >= 4 is 63.7 Å². The van der Waals surface area contributed by atoms with Crippen molar-refractivity contribution in [1.29, 1.82) is 0 Å². The molecule has 10 rings (SSSR count). The predicted molar refractivity (Wildman–Crippen MR) is 263 cm³/mol. The zero-order valence-electron chi connectivity index (χ0n) is 39.3. The highest BCUT2D eigenvalue weighted by atomic mass is 19.3. The van der Waals surface area contributed by atoms with E-state index in [1.165, 1.54) is 37.6 Å². The maximum atomic E-state index is 13.2. The van der Waals surface area contributed by atoms with E-state index in [1.54, 1.807) is 18.6 Å². The number of alkyl halides is 4. The number of aromatic nitrogens is 12. The van der Waals surface area contributed by atoms with Gasteiger partial charge in [0.15, 0.2) is 23.3 Å². The number of anilines is 11. The van der Waals surface area contributed by atoms with Crippen molar-refractivity contribution in [1.82, 2.24) is 59.8 Å². The lowest BCUT2D eigenvalue weighted by Crippen LogP contribution is -2.47. The molecule has 9 heterocycles. The predicted octanol–water partition coefficient (Wildman–Crippen LogP) is 3.43. The van der Waals surface area contributed by atoms with Crippen LogP contribution >= 0.6 is 0 Å². The van der Waals surface area contributed by atoms with E-state index in [0.29, 0.717) is 55.2 Å². The standard InChI is InChI=1S/C15H19F2N7.C15H20N8.C14H18F2N8/c1-15(16,17)13-20-6-10(7-21-13)24-4-2-9(3-5-24)11-8-22-14(19)23-12(11)18;16-13-12(9-20-15(17)21-13)23-5-3-22(4-6-23)11-7-18-14(19-8-11)10-1-2-10;1-14(15,16)12-19-6-9(7-20-12)23-2-4-24(5-3-23)10-8-21-13(18)22-11(10)17/h6-9H,2-5H2,1H3,(H4,18,19,22,23);7-10H,1-6H2,(H4,16,17,20,21);6-8H,2-5H2,1H3,(H4,17,18,21,22). The Morgan fingerprint density at radius 2 is 0.732 bits per heavy atom. The van der Waals surface area contributed by atoms with Gasteiger partial charge in [-0.3, -0.25) is 0 Å². The van der Waals surface area contributed by atoms with Crippen LogP contribution in [0.15, 0.2) is 55.8 Å². The Balaban J connectivity index is 0.000000143. The van der Waals surface area contributed by atoms with Crippen LogP contribution in [0.3, 0.4) is 0 Å². The van der Waals surface area contributed by atoms with Crippen LogP contribution in [-0.4, -0.2) is 125 Å². The normalized spacial score (nSPS) is 16.7. The first-order valence-corrected chi connectivity index (χ1v) is 23.0. The summed E-state index contributed by atoms with van der Waals surface area (Å²) in [6.45, 7) is 9.25. The second-order valence-corrected chi connectivity index (χ2v) is 17.7. The minimum Gasteiger partial charge on any atom is -0.383 e. The van der Waals surface area contributed by atoms with Crippen molar-refractivity contribution in [3.8, 4) is 0 Å². The molecule has 12 N–H and O–H groups in total. The number of hydrogen-bond acceptors (Lipinski definition) is 23. The second-order valence-electron chi connectivity index (χ2n) is 17.7. The molecule has 3 aliphatic heterocycles. The van der Waals surface area contributed by atoms with E-state index in [0.717, 1.165) is 100 Å². The number of hydrogen-bond donors (Lipinski definition) is 6. The highest BCUT2D eigenvalue weighted by Gasteiger charge is 2.31. The molecular weight excluding hydrogens is 927 g/mol. The van der Waals surface area contributed by atoms with Gasteiger partial charge < -0.3 is 58.9 Å². The molecular formula is C44H57F4N23. The van der Waals surface area contributed by atoms with Crippen molar-refractivity contribution in [2.45, 2.75) is 63.2 Å². The molecule has 27 heteroatoms. The van der Waals surface area contributed by atoms with Crippen LogP contribution in [0.2, 0.25) is 0 Å². The molecule has 1 saturated carbocycles. The molecule has 23 nitrogen and oxygen atoms in total. The van der Waals surface area contributed by atoms with E-state index < -0.39 is 23.5 Å². The Hall–Kier alpha value is -8.00. The van der Waals surface area contributed by atoms with Crippen LogP contribution in [0.25, 0.3) is 0 Å². The number of halogens is 4. The molecule has 3 saturated heterocycles. The zero-order chi connectivity index (χ0) is 50.5. The molecule has 0 atom stereocenters. The van der Waals surface area contributed by atoms with Gasteiger partial charge in [0.2, 0.25) is 17.8 Å². The maximum Gasteiger partial charge on any atom is 0.303 e. The third-order valence-corrected chi connectivity index (χ3v) is 12.4. The van der Waals surface area contributed by atoms with Crippen molar-refractivity contribution in [2.75, 3.05) is 124 Å². The summed E-state index contributed by atoms with van der Waals surface area (Å²) in [7, 11) is 0. The smallest absolute Gasteiger partial charge is 0.303 e. The van der Waals surface area contributed by atoms with Gasteiger partial charge in [-0.25, -0.2) is 44.9 Å². The topological polar surface area (TPSA) is 327 Å². The first-order chi connectivity index (χ1) is 33.9. The van der Waals surface area contributed by atoms with Crippen LogP contribution in [0.5, 0.6) is 0 Å². The summed E-state index contributed by atoms with van der Waals surface area (Å²) in [4.78, 5) is 58.7. The molecule has 4 aliphatic rings. The minimum atomic E-state index is -3.04. The van der Waals surface area contributed by atoms with Gasteiger partial charge in [-0.2, -0.15) is 32.5 Å². The highest BCUT2D eigenvalue weighted by Crippen LogP contribution is 2.38. The fraction of sp³-hybridized carbons (Fsp3) is 0.455. The van der Waals surface area contributed by atoms with Crippen LogP contribution in [0, 0.1) is 0 Å². The van der Waals surface area contributed by atoms with Gasteiger partial charge in [-0.1, -0.05) is 0 Å². The molecule has 0 amide bonds. The molecule has 0 unspecified atom stereocenters. The van der Waals surface area contributed by atoms with Crippen LogP contribution in [0.4, 0.5) is 81.3 Å². The highest BCUT2D eigenvalue weighted by molar-refractivity contribution is 5.65. The Bertz CT molecular complexity index is 2570. The number of nitrogens with two attached hydrogens (primary N) is 6. The first kappa shape index (κ1) is 49.4. The summed E-state index contributed by atoms with van der Waals surface area (Å²) in [6, 6.07) is 0. The van der Waals surface area contributed by atoms with Gasteiger partial charge in [-0.05, 0) is 31.6 Å². The average Bonchev–Trinajstić information content (AvgIpc) is 4.21. The van der Waals surface area contributed by atoms with Crippen molar-refractivity contribution in [3.05, 3.63) is 78.8 Å². The van der Waals surface area contributed by atoms with Crippen molar-refractivity contribution in [3.63, 3.8) is 0 Å². The molecule has 1 aliphatic carbocycles. The zero-order valence-corrected chi connectivity index (χ0v) is 39.3. The van der Waals surface area contributed by atoms with Gasteiger partial charge in [0.1, 0.15) is 11.6 Å². The molecule has 0 spiro atoms. The van der Waals surface area contributed by atoms with E-state index in [1.807, 2.05) is 17.3 Å². The largest absolute Gasteiger partial charge is 0.383 e. The van der Waals surface area contributed by atoms with E-state index in [-0.39, 0.29) is 23.8 Å². The Kier molecular flexibility index (Phi) is 14.6. The van der Waals surface area contributed by atoms with E-state index >= 15 is 0 Å². The molecule has 71 heavy (non-hydrogen) atoms. The molecule has 0 bridgehead atoms. The van der Waals surface area contributed by atoms with Gasteiger partial charge in [0, 0.05) is 97.0 Å². The van der Waals surface area contributed by atoms with Crippen LogP contribution in [0.1, 0.15) is 74.4 Å². The third-order valence-electron chi connectivity index (χ3n) is 12.4. The minimum absolute atomic E-state index is 0.139. The molecule has 0 radical (unpaired) electrons. The van der Waals surface area contributed by atoms with Gasteiger partial charge in [-0.15, -0.1) is 0 Å². The molecule has 6 aromatic heterocycles. The SMILES string of the molecule is CC(F)(F)c1ncc(N2CCC(c3cnc(N)nc3N)CC2)cn1.CC(F)(F)c1ncc(N2CCN(c3cnc(N)nc3N)CC2)cn1.Nc1ncc(N2CCN(c3cnc(C4CC4)nc3)CC2)c(N)n1. The molecule has 376 valence electrons. The average molecular weight is 984 g/mol. The van der Waals surface area contributed by atoms with Gasteiger partial charge >= 0.3 is 11.8 Å². The van der Waals surface area contributed by atoms with Gasteiger partial charge in [0.25, 0.3) is 0 Å². The Morgan fingerprint density at radius 1 is 0.394 bits per heavy atom. The molecule has 6 aromatic rings. The summed E-state index contributed by atoms with van der Waals surface area (Å²) in [5.41, 5.74) is 39.3. The van der Waals surface area contributed by atoms with Crippen LogP contribution < -0.4 is 58.9 Å². The number of piperazine rings is 2. The van der Waals surface area contributed by atoms with E-state index in [2.05, 4.69) is 79.4 Å². The van der Waals surface area contributed by atoms with Crippen molar-refractivity contribution < 1.29 is 17.6 Å². The summed E-state index contributed by atoms with van der Waals surface area (Å²) in [5, 5.41) is 0. The molecule has 4 fully saturated rings. The summed E-state index contributed by atoms with van der Waals surface area (Å²) < 4.78 is 52.6. The van der Waals surface area contributed by atoms with E-state index in [9.17, 15) is 17.6 Å². The van der Waals surface area contributed by atoms with Crippen LogP contribution in [-0.2, 0) is 11.8 Å². The third kappa shape index (κ3) is 12.4. The lowest BCUT2D eigenvalue weighted by molar-refractivity contribution is 0.00709. The quantitative estimate of drug-likeness (QED) is 0.113. The second kappa shape index (κ2) is 20.9. The monoisotopic (exact) mass is 984 g/mol. The summed E-state index contributed by atoms with van der Waals surface area (Å²) >= 11 is 0. The Morgan fingerprint density at radius 3 is 1.08 bits per heavy atom. The summed E-state index contributed by atoms with van der Waals surface area (Å²) in [6.07, 6.45) is 18.8. The molecule has 0 aromatic carbocycles. The lowest BCUT2D eigenvalue weighted by Gasteiger charge is -2.37. The number of nitrogen functional groups attached to an aromatic ring is 6. The summed E-state index contributed by atoms with van der Waals surface area (Å²) in [5.74, 6) is -3.48.